The molecule has 2 aromatic carbocycles. The van der Waals surface area contributed by atoms with Gasteiger partial charge in [-0.25, -0.2) is 4.98 Å². The van der Waals surface area contributed by atoms with Crippen molar-refractivity contribution >= 4 is 34.5 Å². The molecule has 2 heterocycles. The summed E-state index contributed by atoms with van der Waals surface area (Å²) in [5, 5.41) is 6.17. The maximum Gasteiger partial charge on any atom is 0.231 e. The van der Waals surface area contributed by atoms with E-state index in [2.05, 4.69) is 10.3 Å². The Morgan fingerprint density at radius 2 is 2.04 bits per heavy atom. The number of anilines is 1. The number of hydrogen-bond donors (Lipinski definition) is 1. The Balaban J connectivity index is 1.44. The van der Waals surface area contributed by atoms with Crippen molar-refractivity contribution in [1.29, 1.82) is 0 Å². The van der Waals surface area contributed by atoms with Crippen molar-refractivity contribution in [1.82, 2.24) is 4.98 Å². The van der Waals surface area contributed by atoms with Crippen molar-refractivity contribution < 1.29 is 14.3 Å². The smallest absolute Gasteiger partial charge is 0.231 e. The first-order chi connectivity index (χ1) is 12.2. The molecular formula is C18H13ClN2O3S. The van der Waals surface area contributed by atoms with Crippen molar-refractivity contribution in [2.75, 3.05) is 12.1 Å². The highest BCUT2D eigenvalue weighted by molar-refractivity contribution is 7.13. The summed E-state index contributed by atoms with van der Waals surface area (Å²) in [7, 11) is 0. The van der Waals surface area contributed by atoms with Gasteiger partial charge >= 0.3 is 0 Å². The van der Waals surface area contributed by atoms with Crippen LogP contribution in [0, 0.1) is 0 Å². The molecular weight excluding hydrogens is 360 g/mol. The SMILES string of the molecule is O=C(Cc1csc(-c2ccccc2Cl)n1)Nc1ccc2c(c1)OCO2. The molecule has 3 aromatic rings. The number of halogens is 1. The third-order valence-electron chi connectivity index (χ3n) is 3.65. The quantitative estimate of drug-likeness (QED) is 0.738. The van der Waals surface area contributed by atoms with Gasteiger partial charge in [0.15, 0.2) is 11.5 Å². The largest absolute Gasteiger partial charge is 0.454 e. The summed E-state index contributed by atoms with van der Waals surface area (Å²) < 4.78 is 10.6. The Bertz CT molecular complexity index is 942. The first-order valence-corrected chi connectivity index (χ1v) is 8.83. The fraction of sp³-hybridized carbons (Fsp3) is 0.111. The number of hydrogen-bond acceptors (Lipinski definition) is 5. The minimum Gasteiger partial charge on any atom is -0.454 e. The average Bonchev–Trinajstić information content (AvgIpc) is 3.24. The fourth-order valence-corrected chi connectivity index (χ4v) is 3.63. The van der Waals surface area contributed by atoms with E-state index in [9.17, 15) is 4.79 Å². The van der Waals surface area contributed by atoms with E-state index in [1.807, 2.05) is 29.6 Å². The highest BCUT2D eigenvalue weighted by Crippen LogP contribution is 2.34. The summed E-state index contributed by atoms with van der Waals surface area (Å²) in [6.45, 7) is 0.205. The summed E-state index contributed by atoms with van der Waals surface area (Å²) in [6, 6.07) is 12.8. The van der Waals surface area contributed by atoms with Gasteiger partial charge in [-0.15, -0.1) is 11.3 Å². The van der Waals surface area contributed by atoms with E-state index in [0.29, 0.717) is 27.9 Å². The van der Waals surface area contributed by atoms with Gasteiger partial charge in [0.05, 0.1) is 17.1 Å². The molecule has 0 bridgehead atoms. The lowest BCUT2D eigenvalue weighted by Gasteiger charge is -2.05. The predicted octanol–water partition coefficient (Wildman–Crippen LogP) is 4.37. The molecule has 0 unspecified atom stereocenters. The summed E-state index contributed by atoms with van der Waals surface area (Å²) in [6.07, 6.45) is 0.190. The number of ether oxygens (including phenoxy) is 2. The number of fused-ring (bicyclic) bond motifs is 1. The first-order valence-electron chi connectivity index (χ1n) is 7.58. The van der Waals surface area contributed by atoms with E-state index in [-0.39, 0.29) is 19.1 Å². The number of amides is 1. The zero-order valence-corrected chi connectivity index (χ0v) is 14.6. The van der Waals surface area contributed by atoms with Crippen LogP contribution in [0.2, 0.25) is 5.02 Å². The lowest BCUT2D eigenvalue weighted by Crippen LogP contribution is -2.14. The number of rotatable bonds is 4. The van der Waals surface area contributed by atoms with Crippen LogP contribution < -0.4 is 14.8 Å². The highest BCUT2D eigenvalue weighted by atomic mass is 35.5. The van der Waals surface area contributed by atoms with Crippen LogP contribution >= 0.6 is 22.9 Å². The second-order valence-corrected chi connectivity index (χ2v) is 6.68. The number of carbonyl (C=O) groups is 1. The molecule has 1 aromatic heterocycles. The average molecular weight is 373 g/mol. The summed E-state index contributed by atoms with van der Waals surface area (Å²) in [5.74, 6) is 1.17. The molecule has 0 radical (unpaired) electrons. The third-order valence-corrected chi connectivity index (χ3v) is 4.91. The molecule has 0 atom stereocenters. The Morgan fingerprint density at radius 1 is 1.20 bits per heavy atom. The number of nitrogens with zero attached hydrogens (tertiary/aromatic N) is 1. The summed E-state index contributed by atoms with van der Waals surface area (Å²) in [4.78, 5) is 16.8. The van der Waals surface area contributed by atoms with E-state index in [0.717, 1.165) is 10.6 Å². The van der Waals surface area contributed by atoms with Crippen LogP contribution in [0.1, 0.15) is 5.69 Å². The number of benzene rings is 2. The molecule has 1 N–H and O–H groups in total. The van der Waals surface area contributed by atoms with Crippen LogP contribution in [0.5, 0.6) is 11.5 Å². The van der Waals surface area contributed by atoms with Crippen molar-refractivity contribution in [2.45, 2.75) is 6.42 Å². The summed E-state index contributed by atoms with van der Waals surface area (Å²) >= 11 is 7.66. The van der Waals surface area contributed by atoms with Crippen LogP contribution in [-0.2, 0) is 11.2 Å². The molecule has 1 aliphatic heterocycles. The molecule has 5 nitrogen and oxygen atoms in total. The summed E-state index contributed by atoms with van der Waals surface area (Å²) in [5.41, 5.74) is 2.24. The number of thiazole rings is 1. The maximum atomic E-state index is 12.3. The van der Waals surface area contributed by atoms with Crippen LogP contribution in [0.4, 0.5) is 5.69 Å². The van der Waals surface area contributed by atoms with Crippen molar-refractivity contribution in [3.05, 3.63) is 58.6 Å². The van der Waals surface area contributed by atoms with Gasteiger partial charge in [0.1, 0.15) is 5.01 Å². The Hall–Kier alpha value is -2.57. The van der Waals surface area contributed by atoms with Gasteiger partial charge in [0.25, 0.3) is 0 Å². The van der Waals surface area contributed by atoms with E-state index >= 15 is 0 Å². The minimum atomic E-state index is -0.144. The lowest BCUT2D eigenvalue weighted by molar-refractivity contribution is -0.115. The Kier molecular flexibility index (Phi) is 4.29. The molecule has 25 heavy (non-hydrogen) atoms. The lowest BCUT2D eigenvalue weighted by atomic mass is 10.2. The molecule has 7 heteroatoms. The van der Waals surface area contributed by atoms with Crippen LogP contribution in [0.3, 0.4) is 0 Å². The van der Waals surface area contributed by atoms with Crippen molar-refractivity contribution in [2.24, 2.45) is 0 Å². The van der Waals surface area contributed by atoms with Crippen molar-refractivity contribution in [3.63, 3.8) is 0 Å². The highest BCUT2D eigenvalue weighted by Gasteiger charge is 2.15. The van der Waals surface area contributed by atoms with E-state index in [1.165, 1.54) is 11.3 Å². The van der Waals surface area contributed by atoms with Gasteiger partial charge in [-0.1, -0.05) is 29.8 Å². The topological polar surface area (TPSA) is 60.5 Å². The van der Waals surface area contributed by atoms with Gasteiger partial charge in [-0.3, -0.25) is 4.79 Å². The maximum absolute atomic E-state index is 12.3. The Morgan fingerprint density at radius 3 is 2.92 bits per heavy atom. The number of aromatic nitrogens is 1. The van der Waals surface area contributed by atoms with Gasteiger partial charge in [-0.2, -0.15) is 0 Å². The number of carbonyl (C=O) groups excluding carboxylic acids is 1. The molecule has 1 aliphatic rings. The van der Waals surface area contributed by atoms with Crippen LogP contribution in [-0.4, -0.2) is 17.7 Å². The zero-order chi connectivity index (χ0) is 17.2. The zero-order valence-electron chi connectivity index (χ0n) is 13.0. The monoisotopic (exact) mass is 372 g/mol. The van der Waals surface area contributed by atoms with Gasteiger partial charge in [-0.05, 0) is 18.2 Å². The number of nitrogens with one attached hydrogen (secondary N) is 1. The first kappa shape index (κ1) is 15.9. The van der Waals surface area contributed by atoms with E-state index in [1.54, 1.807) is 18.2 Å². The molecule has 0 saturated carbocycles. The molecule has 0 saturated heterocycles. The second-order valence-electron chi connectivity index (χ2n) is 5.42. The van der Waals surface area contributed by atoms with Gasteiger partial charge in [0.2, 0.25) is 12.7 Å². The Labute approximate surface area is 153 Å². The fourth-order valence-electron chi connectivity index (χ4n) is 2.49. The van der Waals surface area contributed by atoms with Crippen LogP contribution in [0.15, 0.2) is 47.8 Å². The third kappa shape index (κ3) is 3.45. The normalized spacial score (nSPS) is 12.2. The standard InChI is InChI=1S/C18H13ClN2O3S/c19-14-4-2-1-3-13(14)18-21-12(9-25-18)8-17(22)20-11-5-6-15-16(7-11)24-10-23-15/h1-7,9H,8,10H2,(H,20,22). The van der Waals surface area contributed by atoms with E-state index < -0.39 is 0 Å². The molecule has 4 rings (SSSR count). The second kappa shape index (κ2) is 6.74. The molecule has 0 aliphatic carbocycles. The molecule has 0 spiro atoms. The molecule has 126 valence electrons. The van der Waals surface area contributed by atoms with E-state index in [4.69, 9.17) is 21.1 Å². The molecule has 1 amide bonds. The van der Waals surface area contributed by atoms with Gasteiger partial charge < -0.3 is 14.8 Å². The predicted molar refractivity (Wildman–Crippen MR) is 97.5 cm³/mol. The minimum absolute atomic E-state index is 0.144. The molecule has 0 fully saturated rings. The van der Waals surface area contributed by atoms with Crippen molar-refractivity contribution in [3.8, 4) is 22.1 Å². The van der Waals surface area contributed by atoms with Crippen LogP contribution in [0.25, 0.3) is 10.6 Å². The van der Waals surface area contributed by atoms with Gasteiger partial charge in [0, 0.05) is 22.7 Å².